The summed E-state index contributed by atoms with van der Waals surface area (Å²) in [6.07, 6.45) is 5.19. The molecule has 0 aromatic heterocycles. The quantitative estimate of drug-likeness (QED) is 0.362. The number of benzene rings is 2. The number of piperazine rings is 1. The number of aryl methyl sites for hydroxylation is 2. The molecule has 2 aliphatic carbocycles. The third-order valence-corrected chi connectivity index (χ3v) is 7.74. The number of ether oxygens (including phenoxy) is 1. The van der Waals surface area contributed by atoms with Gasteiger partial charge in [-0.1, -0.05) is 0 Å². The minimum absolute atomic E-state index is 0.00301. The summed E-state index contributed by atoms with van der Waals surface area (Å²) in [5.41, 5.74) is 0.855. The van der Waals surface area contributed by atoms with Crippen LogP contribution >= 0.6 is 0 Å². The second-order valence-electron chi connectivity index (χ2n) is 10.6. The smallest absolute Gasteiger partial charge is 0.275 e. The molecule has 5 rings (SSSR count). The lowest BCUT2D eigenvalue weighted by molar-refractivity contribution is -0.385. The molecule has 1 heterocycles. The van der Waals surface area contributed by atoms with E-state index >= 15 is 0 Å². The topological polar surface area (TPSA) is 93.0 Å². The third kappa shape index (κ3) is 5.60. The van der Waals surface area contributed by atoms with E-state index in [0.29, 0.717) is 55.1 Å². The normalized spacial score (nSPS) is 18.1. The Hall–Kier alpha value is -3.49. The SMILES string of the molecule is Cc1cc(CCCC(=O)N2CCN(C(=O)c3ccc(OCC4CC4)cc3)CC23CC3)c([N+](=O)[O-])cc1F. The van der Waals surface area contributed by atoms with Gasteiger partial charge in [0.2, 0.25) is 5.91 Å². The van der Waals surface area contributed by atoms with E-state index in [9.17, 15) is 24.1 Å². The number of nitro groups is 1. The Morgan fingerprint density at radius 1 is 1.16 bits per heavy atom. The number of rotatable bonds is 9. The lowest BCUT2D eigenvalue weighted by Crippen LogP contribution is -2.58. The fourth-order valence-electron chi connectivity index (χ4n) is 5.15. The molecule has 1 aliphatic heterocycles. The average molecular weight is 510 g/mol. The standard InChI is InChI=1S/C28H32FN3O5/c1-19-15-22(25(32(35)36)16-24(19)29)3-2-4-26(33)31-14-13-30(18-28(31)11-12-28)27(34)21-7-9-23(10-8-21)37-17-20-5-6-20/h7-10,15-16,20H,2-6,11-14,17-18H2,1H3. The van der Waals surface area contributed by atoms with Crippen LogP contribution in [0.15, 0.2) is 36.4 Å². The lowest BCUT2D eigenvalue weighted by Gasteiger charge is -2.42. The maximum Gasteiger partial charge on any atom is 0.275 e. The van der Waals surface area contributed by atoms with E-state index in [1.807, 2.05) is 21.9 Å². The molecule has 0 unspecified atom stereocenters. The zero-order chi connectivity index (χ0) is 26.2. The molecule has 37 heavy (non-hydrogen) atoms. The van der Waals surface area contributed by atoms with Crippen LogP contribution < -0.4 is 4.74 Å². The lowest BCUT2D eigenvalue weighted by atomic mass is 10.0. The minimum Gasteiger partial charge on any atom is -0.493 e. The maximum atomic E-state index is 13.8. The molecule has 196 valence electrons. The molecule has 2 aromatic carbocycles. The first kappa shape index (κ1) is 25.2. The second-order valence-corrected chi connectivity index (χ2v) is 10.6. The van der Waals surface area contributed by atoms with Gasteiger partial charge in [-0.05, 0) is 87.3 Å². The number of halogens is 1. The number of carbonyl (C=O) groups excluding carboxylic acids is 2. The number of carbonyl (C=O) groups is 2. The molecule has 0 radical (unpaired) electrons. The van der Waals surface area contributed by atoms with Crippen molar-refractivity contribution in [2.45, 2.75) is 57.4 Å². The zero-order valence-electron chi connectivity index (χ0n) is 21.1. The van der Waals surface area contributed by atoms with Crippen molar-refractivity contribution < 1.29 is 23.6 Å². The van der Waals surface area contributed by atoms with Gasteiger partial charge in [0.05, 0.1) is 23.1 Å². The van der Waals surface area contributed by atoms with Crippen LogP contribution in [0.5, 0.6) is 5.75 Å². The summed E-state index contributed by atoms with van der Waals surface area (Å²) in [6, 6.07) is 9.74. The van der Waals surface area contributed by atoms with Gasteiger partial charge < -0.3 is 14.5 Å². The molecule has 2 aromatic rings. The van der Waals surface area contributed by atoms with E-state index in [2.05, 4.69) is 0 Å². The number of hydrogen-bond acceptors (Lipinski definition) is 5. The van der Waals surface area contributed by atoms with Crippen molar-refractivity contribution in [3.05, 3.63) is 69.0 Å². The average Bonchev–Trinajstić information content (AvgIpc) is 3.82. The third-order valence-electron chi connectivity index (χ3n) is 7.74. The van der Waals surface area contributed by atoms with E-state index in [1.54, 1.807) is 19.1 Å². The van der Waals surface area contributed by atoms with Gasteiger partial charge >= 0.3 is 0 Å². The van der Waals surface area contributed by atoms with Crippen LogP contribution in [0.25, 0.3) is 0 Å². The highest BCUT2D eigenvalue weighted by molar-refractivity contribution is 5.94. The first-order valence-electron chi connectivity index (χ1n) is 13.0. The van der Waals surface area contributed by atoms with E-state index in [1.165, 1.54) is 18.9 Å². The molecule has 0 N–H and O–H groups in total. The fraction of sp³-hybridized carbons (Fsp3) is 0.500. The molecular weight excluding hydrogens is 477 g/mol. The first-order valence-corrected chi connectivity index (χ1v) is 13.0. The van der Waals surface area contributed by atoms with E-state index in [-0.39, 0.29) is 29.5 Å². The van der Waals surface area contributed by atoms with Crippen LogP contribution in [0.4, 0.5) is 10.1 Å². The molecule has 3 aliphatic rings. The molecule has 0 atom stereocenters. The van der Waals surface area contributed by atoms with Crippen molar-refractivity contribution in [2.75, 3.05) is 26.2 Å². The van der Waals surface area contributed by atoms with Gasteiger partial charge in [0.15, 0.2) is 0 Å². The summed E-state index contributed by atoms with van der Waals surface area (Å²) in [7, 11) is 0. The Balaban J connectivity index is 1.15. The van der Waals surface area contributed by atoms with Gasteiger partial charge in [0, 0.05) is 37.2 Å². The molecule has 9 heteroatoms. The Labute approximate surface area is 215 Å². The number of nitro benzene ring substituents is 1. The Morgan fingerprint density at radius 3 is 2.54 bits per heavy atom. The molecular formula is C28H32FN3O5. The summed E-state index contributed by atoms with van der Waals surface area (Å²) in [5, 5.41) is 11.3. The Bertz CT molecular complexity index is 1210. The van der Waals surface area contributed by atoms with Gasteiger partial charge in [-0.25, -0.2) is 4.39 Å². The van der Waals surface area contributed by atoms with Gasteiger partial charge in [0.25, 0.3) is 11.6 Å². The molecule has 1 saturated heterocycles. The van der Waals surface area contributed by atoms with Crippen molar-refractivity contribution in [2.24, 2.45) is 5.92 Å². The van der Waals surface area contributed by atoms with Crippen LogP contribution in [0.3, 0.4) is 0 Å². The van der Waals surface area contributed by atoms with E-state index in [4.69, 9.17) is 4.74 Å². The van der Waals surface area contributed by atoms with E-state index < -0.39 is 10.7 Å². The van der Waals surface area contributed by atoms with Gasteiger partial charge in [0.1, 0.15) is 11.6 Å². The fourth-order valence-corrected chi connectivity index (χ4v) is 5.15. The Kier molecular flexibility index (Phi) is 6.88. The molecule has 2 saturated carbocycles. The van der Waals surface area contributed by atoms with Gasteiger partial charge in [-0.15, -0.1) is 0 Å². The largest absolute Gasteiger partial charge is 0.493 e. The summed E-state index contributed by atoms with van der Waals surface area (Å²) in [5.74, 6) is 0.807. The van der Waals surface area contributed by atoms with Crippen molar-refractivity contribution in [3.8, 4) is 5.75 Å². The molecule has 2 amide bonds. The van der Waals surface area contributed by atoms with Crippen LogP contribution in [0, 0.1) is 28.8 Å². The van der Waals surface area contributed by atoms with Crippen molar-refractivity contribution in [1.82, 2.24) is 9.80 Å². The maximum absolute atomic E-state index is 13.8. The molecule has 0 bridgehead atoms. The highest BCUT2D eigenvalue weighted by atomic mass is 19.1. The second kappa shape index (κ2) is 10.1. The molecule has 8 nitrogen and oxygen atoms in total. The van der Waals surface area contributed by atoms with Crippen LogP contribution in [-0.4, -0.2) is 58.3 Å². The van der Waals surface area contributed by atoms with Crippen LogP contribution in [-0.2, 0) is 11.2 Å². The summed E-state index contributed by atoms with van der Waals surface area (Å²) >= 11 is 0. The summed E-state index contributed by atoms with van der Waals surface area (Å²) < 4.78 is 19.5. The van der Waals surface area contributed by atoms with Crippen molar-refractivity contribution in [3.63, 3.8) is 0 Å². The highest BCUT2D eigenvalue weighted by Crippen LogP contribution is 2.45. The predicted octanol–water partition coefficient (Wildman–Crippen LogP) is 4.67. The molecule has 1 spiro atoms. The van der Waals surface area contributed by atoms with Crippen LogP contribution in [0.2, 0.25) is 0 Å². The van der Waals surface area contributed by atoms with Crippen LogP contribution in [0.1, 0.15) is 60.0 Å². The summed E-state index contributed by atoms with van der Waals surface area (Å²) in [4.78, 5) is 40.7. The van der Waals surface area contributed by atoms with Gasteiger partial charge in [-0.2, -0.15) is 0 Å². The number of nitrogens with zero attached hydrogens (tertiary/aromatic N) is 3. The van der Waals surface area contributed by atoms with Gasteiger partial charge in [-0.3, -0.25) is 19.7 Å². The minimum atomic E-state index is -0.604. The highest BCUT2D eigenvalue weighted by Gasteiger charge is 2.53. The van der Waals surface area contributed by atoms with Crippen molar-refractivity contribution in [1.29, 1.82) is 0 Å². The zero-order valence-corrected chi connectivity index (χ0v) is 21.1. The number of amides is 2. The monoisotopic (exact) mass is 509 g/mol. The first-order chi connectivity index (χ1) is 17.8. The predicted molar refractivity (Wildman–Crippen MR) is 135 cm³/mol. The van der Waals surface area contributed by atoms with Crippen molar-refractivity contribution >= 4 is 17.5 Å². The van der Waals surface area contributed by atoms with E-state index in [0.717, 1.165) is 31.3 Å². The molecule has 3 fully saturated rings. The Morgan fingerprint density at radius 2 is 1.89 bits per heavy atom. The summed E-state index contributed by atoms with van der Waals surface area (Å²) in [6.45, 7) is 3.76. The number of hydrogen-bond donors (Lipinski definition) is 0.